The van der Waals surface area contributed by atoms with Gasteiger partial charge in [-0.2, -0.15) is 0 Å². The molecular weight excluding hydrogens is 596 g/mol. The zero-order chi connectivity index (χ0) is 33.2. The van der Waals surface area contributed by atoms with Gasteiger partial charge in [0, 0.05) is 12.1 Å². The molecule has 3 aromatic rings. The van der Waals surface area contributed by atoms with Gasteiger partial charge < -0.3 is 30.5 Å². The van der Waals surface area contributed by atoms with Crippen LogP contribution in [0.2, 0.25) is 0 Å². The van der Waals surface area contributed by atoms with Crippen molar-refractivity contribution in [2.45, 2.75) is 51.1 Å². The molecule has 0 saturated heterocycles. The van der Waals surface area contributed by atoms with Gasteiger partial charge in [-0.15, -0.1) is 0 Å². The van der Waals surface area contributed by atoms with Gasteiger partial charge in [0.25, 0.3) is 5.91 Å². The number of carboxylic acids is 3. The second kappa shape index (κ2) is 15.4. The van der Waals surface area contributed by atoms with Crippen molar-refractivity contribution in [2.75, 3.05) is 0 Å². The standard InChI is InChI=1S/C20H20N2O9S.C10H12O2/c1-11-6-12(2-4-15(11)19(27)22-13(10-23)7-18(25)26)9-21-32(30,31)14-3-5-17(24)16(8-14)20(28)29;1-3-8-4-5-9(10(11)12)7(2)6-8/h2-6,8,10,13,21,24H,7,9H2,1H3,(H,22,27)(H,25,26)(H,28,29);4-6H,3H2,1-2H3,(H,11,12)/t13-;/m0./s1. The van der Waals surface area contributed by atoms with Crippen LogP contribution < -0.4 is 10.0 Å². The topological polar surface area (TPSA) is 224 Å². The molecule has 0 aliphatic rings. The number of aliphatic carboxylic acids is 1. The number of carbonyl (C=O) groups excluding carboxylic acids is 2. The summed E-state index contributed by atoms with van der Waals surface area (Å²) in [4.78, 5) is 55.3. The normalized spacial score (nSPS) is 11.4. The molecule has 0 radical (unpaired) electrons. The lowest BCUT2D eigenvalue weighted by atomic mass is 10.0. The fraction of sp³-hybridized carbons (Fsp3) is 0.233. The first-order valence-electron chi connectivity index (χ1n) is 13.1. The highest BCUT2D eigenvalue weighted by atomic mass is 32.2. The molecule has 0 aliphatic heterocycles. The molecular formula is C30H32N2O11S. The maximum absolute atomic E-state index is 12.5. The number of aromatic carboxylic acids is 2. The van der Waals surface area contributed by atoms with Crippen molar-refractivity contribution in [3.63, 3.8) is 0 Å². The van der Waals surface area contributed by atoms with Gasteiger partial charge in [-0.05, 0) is 72.9 Å². The van der Waals surface area contributed by atoms with Crippen molar-refractivity contribution >= 4 is 40.1 Å². The molecule has 6 N–H and O–H groups in total. The first kappa shape index (κ1) is 35.1. The van der Waals surface area contributed by atoms with E-state index in [0.717, 1.165) is 30.2 Å². The van der Waals surface area contributed by atoms with Gasteiger partial charge in [0.15, 0.2) is 0 Å². The van der Waals surface area contributed by atoms with Gasteiger partial charge >= 0.3 is 17.9 Å². The molecule has 0 fully saturated rings. The smallest absolute Gasteiger partial charge is 0.339 e. The van der Waals surface area contributed by atoms with Crippen molar-refractivity contribution in [1.29, 1.82) is 0 Å². The summed E-state index contributed by atoms with van der Waals surface area (Å²) in [6.07, 6.45) is 0.708. The number of sulfonamides is 1. The maximum atomic E-state index is 12.5. The van der Waals surface area contributed by atoms with E-state index in [1.54, 1.807) is 13.0 Å². The summed E-state index contributed by atoms with van der Waals surface area (Å²) in [5.74, 6) is -4.80. The number of benzene rings is 3. The van der Waals surface area contributed by atoms with Crippen LogP contribution in [0.4, 0.5) is 0 Å². The molecule has 234 valence electrons. The van der Waals surface area contributed by atoms with Crippen molar-refractivity contribution in [3.05, 3.63) is 93.5 Å². The van der Waals surface area contributed by atoms with Crippen LogP contribution in [0, 0.1) is 13.8 Å². The van der Waals surface area contributed by atoms with Crippen LogP contribution in [0.1, 0.15) is 66.7 Å². The molecule has 0 heterocycles. The lowest BCUT2D eigenvalue weighted by Crippen LogP contribution is -2.37. The van der Waals surface area contributed by atoms with Crippen LogP contribution in [0.25, 0.3) is 0 Å². The molecule has 0 aromatic heterocycles. The number of carboxylic acid groups (broad SMARTS) is 3. The zero-order valence-electron chi connectivity index (χ0n) is 24.0. The van der Waals surface area contributed by atoms with E-state index in [1.165, 1.54) is 23.8 Å². The summed E-state index contributed by atoms with van der Waals surface area (Å²) in [7, 11) is -4.10. The predicted octanol–water partition coefficient (Wildman–Crippen LogP) is 2.90. The lowest BCUT2D eigenvalue weighted by molar-refractivity contribution is -0.138. The average Bonchev–Trinajstić information content (AvgIpc) is 2.95. The highest BCUT2D eigenvalue weighted by Gasteiger charge is 2.20. The van der Waals surface area contributed by atoms with Crippen molar-refractivity contribution in [1.82, 2.24) is 10.0 Å². The molecule has 1 atom stereocenters. The summed E-state index contributed by atoms with van der Waals surface area (Å²) >= 11 is 0. The van der Waals surface area contributed by atoms with Gasteiger partial charge in [0.1, 0.15) is 17.6 Å². The van der Waals surface area contributed by atoms with E-state index in [1.807, 2.05) is 19.1 Å². The fourth-order valence-corrected chi connectivity index (χ4v) is 5.00. The monoisotopic (exact) mass is 628 g/mol. The highest BCUT2D eigenvalue weighted by molar-refractivity contribution is 7.89. The summed E-state index contributed by atoms with van der Waals surface area (Å²) < 4.78 is 27.2. The summed E-state index contributed by atoms with van der Waals surface area (Å²) in [6.45, 7) is 5.28. The fourth-order valence-electron chi connectivity index (χ4n) is 3.96. The zero-order valence-corrected chi connectivity index (χ0v) is 24.8. The predicted molar refractivity (Wildman–Crippen MR) is 157 cm³/mol. The van der Waals surface area contributed by atoms with Crippen LogP contribution in [0.5, 0.6) is 5.75 Å². The number of hydrogen-bond acceptors (Lipinski definition) is 8. The Balaban J connectivity index is 0.000000469. The molecule has 1 amide bonds. The molecule has 0 bridgehead atoms. The van der Waals surface area contributed by atoms with Crippen LogP contribution in [-0.4, -0.2) is 65.0 Å². The first-order chi connectivity index (χ1) is 20.6. The number of aryl methyl sites for hydroxylation is 3. The molecule has 0 spiro atoms. The molecule has 0 saturated carbocycles. The van der Waals surface area contributed by atoms with Crippen LogP contribution in [-0.2, 0) is 32.6 Å². The Morgan fingerprint density at radius 2 is 1.39 bits per heavy atom. The van der Waals surface area contributed by atoms with Gasteiger partial charge in [-0.1, -0.05) is 31.2 Å². The second-order valence-electron chi connectivity index (χ2n) is 9.58. The number of carbonyl (C=O) groups is 5. The Morgan fingerprint density at radius 1 is 0.818 bits per heavy atom. The van der Waals surface area contributed by atoms with Crippen molar-refractivity contribution in [3.8, 4) is 5.75 Å². The SMILES string of the molecule is CCc1ccc(C(=O)O)c(C)c1.Cc1cc(CNS(=O)(=O)c2ccc(O)c(C(=O)O)c2)ccc1C(=O)N[C@H](C=O)CC(=O)O. The number of aromatic hydroxyl groups is 1. The summed E-state index contributed by atoms with van der Waals surface area (Å²) in [6, 6.07) is 11.5. The average molecular weight is 629 g/mol. The van der Waals surface area contributed by atoms with Gasteiger partial charge in [-0.3, -0.25) is 9.59 Å². The van der Waals surface area contributed by atoms with Crippen LogP contribution in [0.3, 0.4) is 0 Å². The van der Waals surface area contributed by atoms with E-state index in [2.05, 4.69) is 17.0 Å². The molecule has 13 nitrogen and oxygen atoms in total. The number of nitrogens with one attached hydrogen (secondary N) is 2. The Bertz CT molecular complexity index is 1680. The van der Waals surface area contributed by atoms with Gasteiger partial charge in [-0.25, -0.2) is 22.7 Å². The van der Waals surface area contributed by atoms with Gasteiger partial charge in [0.2, 0.25) is 10.0 Å². The Labute approximate surface area is 253 Å². The number of aldehydes is 1. The molecule has 14 heteroatoms. The summed E-state index contributed by atoms with van der Waals surface area (Å²) in [5.41, 5.74) is 2.97. The van der Waals surface area contributed by atoms with E-state index in [9.17, 15) is 37.5 Å². The number of hydrogen-bond donors (Lipinski definition) is 6. The van der Waals surface area contributed by atoms with E-state index in [4.69, 9.17) is 15.3 Å². The van der Waals surface area contributed by atoms with E-state index in [0.29, 0.717) is 23.0 Å². The van der Waals surface area contributed by atoms with E-state index in [-0.39, 0.29) is 17.0 Å². The Kier molecular flexibility index (Phi) is 12.3. The van der Waals surface area contributed by atoms with Crippen LogP contribution in [0.15, 0.2) is 59.5 Å². The van der Waals surface area contributed by atoms with Crippen molar-refractivity contribution < 1.29 is 52.8 Å². The minimum Gasteiger partial charge on any atom is -0.507 e. The molecule has 0 unspecified atom stereocenters. The Hall–Kier alpha value is -5.08. The third kappa shape index (κ3) is 9.74. The third-order valence-corrected chi connectivity index (χ3v) is 7.71. The second-order valence-corrected chi connectivity index (χ2v) is 11.3. The Morgan fingerprint density at radius 3 is 1.91 bits per heavy atom. The number of rotatable bonds is 12. The van der Waals surface area contributed by atoms with Gasteiger partial charge in [0.05, 0.1) is 22.9 Å². The maximum Gasteiger partial charge on any atom is 0.339 e. The molecule has 3 rings (SSSR count). The van der Waals surface area contributed by atoms with Crippen molar-refractivity contribution in [2.24, 2.45) is 0 Å². The third-order valence-electron chi connectivity index (χ3n) is 6.32. The molecule has 44 heavy (non-hydrogen) atoms. The minimum atomic E-state index is -4.10. The molecule has 0 aliphatic carbocycles. The minimum absolute atomic E-state index is 0.176. The lowest BCUT2D eigenvalue weighted by Gasteiger charge is -2.13. The van der Waals surface area contributed by atoms with E-state index < -0.39 is 57.6 Å². The summed E-state index contributed by atoms with van der Waals surface area (Å²) in [5, 5.41) is 38.3. The van der Waals surface area contributed by atoms with E-state index >= 15 is 0 Å². The molecule has 3 aromatic carbocycles. The first-order valence-corrected chi connectivity index (χ1v) is 14.5. The quantitative estimate of drug-likeness (QED) is 0.160. The number of amides is 1. The largest absolute Gasteiger partial charge is 0.507 e. The highest BCUT2D eigenvalue weighted by Crippen LogP contribution is 2.22. The number of phenols is 1. The van der Waals surface area contributed by atoms with Crippen LogP contribution >= 0.6 is 0 Å².